The number of amides is 1. The summed E-state index contributed by atoms with van der Waals surface area (Å²) >= 11 is 1.46. The number of aromatic nitrogens is 2. The molecule has 0 aliphatic carbocycles. The first-order chi connectivity index (χ1) is 12.3. The second kappa shape index (κ2) is 7.05. The Morgan fingerprint density at radius 3 is 2.65 bits per heavy atom. The first-order valence-corrected chi connectivity index (χ1v) is 9.19. The lowest BCUT2D eigenvalue weighted by Gasteiger charge is -2.25. The van der Waals surface area contributed by atoms with E-state index in [9.17, 15) is 14.7 Å². The molecule has 0 spiro atoms. The number of Topliss-reactive ketones (excluding diaryl/α,β-unsaturated/α-hetero) is 1. The number of ketones is 1. The van der Waals surface area contributed by atoms with Crippen molar-refractivity contribution >= 4 is 28.8 Å². The number of hydrogen-bond acceptors (Lipinski definition) is 6. The molecule has 1 aliphatic heterocycles. The van der Waals surface area contributed by atoms with Crippen LogP contribution in [0.5, 0.6) is 0 Å². The number of likely N-dealkylation sites (tertiary alicyclic amines) is 1. The van der Waals surface area contributed by atoms with Crippen molar-refractivity contribution in [1.29, 1.82) is 0 Å². The van der Waals surface area contributed by atoms with Crippen LogP contribution in [0.3, 0.4) is 0 Å². The molecule has 0 aromatic carbocycles. The van der Waals surface area contributed by atoms with E-state index in [1.165, 1.54) is 11.3 Å². The van der Waals surface area contributed by atoms with Crippen LogP contribution >= 0.6 is 11.3 Å². The molecule has 7 nitrogen and oxygen atoms in total. The number of carbonyl (C=O) groups is 2. The number of thiophene rings is 1. The molecule has 26 heavy (non-hydrogen) atoms. The van der Waals surface area contributed by atoms with Gasteiger partial charge >= 0.3 is 0 Å². The predicted octanol–water partition coefficient (Wildman–Crippen LogP) is 2.07. The summed E-state index contributed by atoms with van der Waals surface area (Å²) in [7, 11) is 3.82. The van der Waals surface area contributed by atoms with E-state index in [0.29, 0.717) is 30.0 Å². The average molecular weight is 374 g/mol. The topological polar surface area (TPSA) is 89.5 Å². The van der Waals surface area contributed by atoms with Gasteiger partial charge in [0, 0.05) is 23.7 Å². The lowest BCUT2D eigenvalue weighted by Crippen LogP contribution is -2.35. The zero-order valence-corrected chi connectivity index (χ0v) is 16.1. The second-order valence-electron chi connectivity index (χ2n) is 6.62. The lowest BCUT2D eigenvalue weighted by molar-refractivity contribution is -0.140. The number of aliphatic hydroxyl groups excluding tert-OH is 1. The van der Waals surface area contributed by atoms with Crippen LogP contribution < -0.4 is 0 Å². The molecular formula is C18H22N4O3S. The number of hydrogen-bond donors (Lipinski definition) is 2. The second-order valence-corrected chi connectivity index (χ2v) is 7.60. The van der Waals surface area contributed by atoms with Crippen molar-refractivity contribution in [3.8, 4) is 0 Å². The summed E-state index contributed by atoms with van der Waals surface area (Å²) in [5.41, 5.74) is 1.86. The highest BCUT2D eigenvalue weighted by Crippen LogP contribution is 2.41. The number of aromatic amines is 1. The third kappa shape index (κ3) is 3.06. The molecule has 3 heterocycles. The maximum atomic E-state index is 12.8. The Balaban J connectivity index is 2.14. The van der Waals surface area contributed by atoms with Crippen molar-refractivity contribution in [2.24, 2.45) is 0 Å². The Kier molecular flexibility index (Phi) is 4.97. The van der Waals surface area contributed by atoms with Gasteiger partial charge in [0.15, 0.2) is 0 Å². The number of likely N-dealkylation sites (N-methyl/N-ethyl adjacent to an activating group) is 1. The van der Waals surface area contributed by atoms with E-state index in [1.54, 1.807) is 18.7 Å². The molecule has 0 unspecified atom stereocenters. The summed E-state index contributed by atoms with van der Waals surface area (Å²) < 4.78 is 0. The average Bonchev–Trinajstić information content (AvgIpc) is 3.27. The van der Waals surface area contributed by atoms with Gasteiger partial charge in [0.1, 0.15) is 5.76 Å². The van der Waals surface area contributed by atoms with E-state index >= 15 is 0 Å². The molecular weight excluding hydrogens is 352 g/mol. The number of aliphatic hydroxyl groups is 1. The van der Waals surface area contributed by atoms with Gasteiger partial charge in [-0.25, -0.2) is 0 Å². The maximum Gasteiger partial charge on any atom is 0.295 e. The number of rotatable bonds is 5. The number of H-pyrrole nitrogens is 1. The van der Waals surface area contributed by atoms with Gasteiger partial charge in [-0.05, 0) is 39.4 Å². The van der Waals surface area contributed by atoms with Crippen molar-refractivity contribution in [2.75, 3.05) is 27.2 Å². The molecule has 1 fully saturated rings. The largest absolute Gasteiger partial charge is 0.507 e. The predicted molar refractivity (Wildman–Crippen MR) is 99.9 cm³/mol. The Morgan fingerprint density at radius 2 is 2.12 bits per heavy atom. The maximum absolute atomic E-state index is 12.8. The third-order valence-electron chi connectivity index (χ3n) is 4.51. The van der Waals surface area contributed by atoms with Gasteiger partial charge < -0.3 is 14.9 Å². The summed E-state index contributed by atoms with van der Waals surface area (Å²) in [6, 6.07) is 3.18. The van der Waals surface area contributed by atoms with E-state index in [4.69, 9.17) is 0 Å². The summed E-state index contributed by atoms with van der Waals surface area (Å²) in [6.45, 7) is 4.55. The summed E-state index contributed by atoms with van der Waals surface area (Å²) in [5, 5.41) is 19.7. The minimum absolute atomic E-state index is 0.129. The molecule has 1 aliphatic rings. The van der Waals surface area contributed by atoms with Crippen LogP contribution in [0, 0.1) is 13.8 Å². The molecule has 1 amide bonds. The number of carbonyl (C=O) groups excluding carboxylic acids is 2. The van der Waals surface area contributed by atoms with Crippen LogP contribution in [0.25, 0.3) is 5.76 Å². The highest BCUT2D eigenvalue weighted by molar-refractivity contribution is 7.10. The SMILES string of the molecule is Cc1n[nH]c(C)c1C(O)=C1C(=O)C(=O)N(CCN(C)C)[C@@H]1c1cccs1. The summed E-state index contributed by atoms with van der Waals surface area (Å²) in [5.74, 6) is -1.40. The molecule has 0 radical (unpaired) electrons. The molecule has 2 aromatic heterocycles. The smallest absolute Gasteiger partial charge is 0.295 e. The zero-order valence-electron chi connectivity index (χ0n) is 15.2. The number of aryl methyl sites for hydroxylation is 2. The molecule has 2 N–H and O–H groups in total. The summed E-state index contributed by atoms with van der Waals surface area (Å²) in [4.78, 5) is 29.8. The van der Waals surface area contributed by atoms with Crippen molar-refractivity contribution in [2.45, 2.75) is 19.9 Å². The fraction of sp³-hybridized carbons (Fsp3) is 0.389. The van der Waals surface area contributed by atoms with Crippen LogP contribution in [0.1, 0.15) is 27.9 Å². The van der Waals surface area contributed by atoms with Crippen LogP contribution in [0.2, 0.25) is 0 Å². The lowest BCUT2D eigenvalue weighted by atomic mass is 9.99. The van der Waals surface area contributed by atoms with Crippen molar-refractivity contribution in [1.82, 2.24) is 20.0 Å². The minimum Gasteiger partial charge on any atom is -0.507 e. The van der Waals surface area contributed by atoms with Crippen LogP contribution in [0.15, 0.2) is 23.1 Å². The van der Waals surface area contributed by atoms with E-state index in [-0.39, 0.29) is 11.3 Å². The van der Waals surface area contributed by atoms with Crippen LogP contribution in [-0.2, 0) is 9.59 Å². The summed E-state index contributed by atoms with van der Waals surface area (Å²) in [6.07, 6.45) is 0. The fourth-order valence-electron chi connectivity index (χ4n) is 3.20. The standard InChI is InChI=1S/C18H22N4O3S/c1-10-13(11(2)20-19-10)16(23)14-15(12-6-5-9-26-12)22(8-7-21(3)4)18(25)17(14)24/h5-6,9,15,23H,7-8H2,1-4H3,(H,19,20)/t15-/m1/s1. The molecule has 8 heteroatoms. The normalized spacial score (nSPS) is 19.7. The molecule has 1 atom stereocenters. The van der Waals surface area contributed by atoms with E-state index < -0.39 is 17.7 Å². The highest BCUT2D eigenvalue weighted by Gasteiger charge is 2.46. The quantitative estimate of drug-likeness (QED) is 0.475. The molecule has 2 aromatic rings. The molecule has 0 saturated carbocycles. The number of nitrogens with zero attached hydrogens (tertiary/aromatic N) is 3. The number of nitrogens with one attached hydrogen (secondary N) is 1. The Bertz CT molecular complexity index is 848. The van der Waals surface area contributed by atoms with Crippen LogP contribution in [0.4, 0.5) is 0 Å². The Hall–Kier alpha value is -2.45. The van der Waals surface area contributed by atoms with Crippen molar-refractivity contribution in [3.05, 3.63) is 44.9 Å². The van der Waals surface area contributed by atoms with E-state index in [0.717, 1.165) is 4.88 Å². The molecule has 138 valence electrons. The van der Waals surface area contributed by atoms with Crippen molar-refractivity contribution in [3.63, 3.8) is 0 Å². The minimum atomic E-state index is -0.653. The van der Waals surface area contributed by atoms with Gasteiger partial charge in [0.05, 0.1) is 22.9 Å². The molecule has 3 rings (SSSR count). The first-order valence-electron chi connectivity index (χ1n) is 8.31. The Morgan fingerprint density at radius 1 is 1.38 bits per heavy atom. The van der Waals surface area contributed by atoms with E-state index in [2.05, 4.69) is 10.2 Å². The van der Waals surface area contributed by atoms with Gasteiger partial charge in [0.2, 0.25) is 0 Å². The van der Waals surface area contributed by atoms with Crippen molar-refractivity contribution < 1.29 is 14.7 Å². The van der Waals surface area contributed by atoms with Gasteiger partial charge in [-0.2, -0.15) is 5.10 Å². The molecule has 1 saturated heterocycles. The van der Waals surface area contributed by atoms with Gasteiger partial charge in [-0.1, -0.05) is 6.07 Å². The monoisotopic (exact) mass is 374 g/mol. The third-order valence-corrected chi connectivity index (χ3v) is 5.43. The van der Waals surface area contributed by atoms with Gasteiger partial charge in [-0.3, -0.25) is 14.7 Å². The highest BCUT2D eigenvalue weighted by atomic mass is 32.1. The van der Waals surface area contributed by atoms with E-state index in [1.807, 2.05) is 36.5 Å². The fourth-order valence-corrected chi connectivity index (χ4v) is 4.04. The Labute approximate surface area is 155 Å². The molecule has 0 bridgehead atoms. The van der Waals surface area contributed by atoms with Gasteiger partial charge in [0.25, 0.3) is 11.7 Å². The zero-order chi connectivity index (χ0) is 19.0. The first kappa shape index (κ1) is 18.3. The van der Waals surface area contributed by atoms with Gasteiger partial charge in [-0.15, -0.1) is 11.3 Å². The van der Waals surface area contributed by atoms with Crippen LogP contribution in [-0.4, -0.2) is 64.0 Å².